The van der Waals surface area contributed by atoms with Gasteiger partial charge in [-0.05, 0) is 30.3 Å². The Balaban J connectivity index is 1.42. The predicted molar refractivity (Wildman–Crippen MR) is 94.8 cm³/mol. The molecule has 0 saturated carbocycles. The van der Waals surface area contributed by atoms with Crippen LogP contribution in [0.25, 0.3) is 11.5 Å². The normalized spacial score (nSPS) is 12.7. The monoisotopic (exact) mass is 349 g/mol. The highest BCUT2D eigenvalue weighted by Gasteiger charge is 2.17. The molecule has 2 N–H and O–H groups in total. The van der Waals surface area contributed by atoms with Gasteiger partial charge >= 0.3 is 0 Å². The molecule has 1 aliphatic rings. The lowest BCUT2D eigenvalue weighted by atomic mass is 10.2. The van der Waals surface area contributed by atoms with Crippen LogP contribution in [0, 0.1) is 0 Å². The smallest absolute Gasteiger partial charge is 0.262 e. The van der Waals surface area contributed by atoms with E-state index in [1.165, 1.54) is 6.26 Å². The first-order valence-electron chi connectivity index (χ1n) is 8.04. The van der Waals surface area contributed by atoms with Gasteiger partial charge in [-0.25, -0.2) is 4.98 Å². The van der Waals surface area contributed by atoms with E-state index in [2.05, 4.69) is 15.6 Å². The van der Waals surface area contributed by atoms with Crippen molar-refractivity contribution in [3.63, 3.8) is 0 Å². The molecule has 2 heterocycles. The van der Waals surface area contributed by atoms with Crippen LogP contribution in [0.3, 0.4) is 0 Å². The number of nitrogens with one attached hydrogen (secondary N) is 2. The topological polar surface area (TPSA) is 93.5 Å². The molecule has 1 aliphatic heterocycles. The molecule has 4 rings (SSSR count). The molecule has 3 aromatic rings. The highest BCUT2D eigenvalue weighted by molar-refractivity contribution is 5.97. The van der Waals surface area contributed by atoms with Crippen molar-refractivity contribution >= 4 is 23.2 Å². The minimum absolute atomic E-state index is 0.00534. The summed E-state index contributed by atoms with van der Waals surface area (Å²) < 4.78 is 10.7. The number of hydrogen-bond donors (Lipinski definition) is 2. The number of fused-ring (bicyclic) bond motifs is 1. The lowest BCUT2D eigenvalue weighted by molar-refractivity contribution is -0.118. The zero-order chi connectivity index (χ0) is 17.9. The summed E-state index contributed by atoms with van der Waals surface area (Å²) in [7, 11) is 0. The summed E-state index contributed by atoms with van der Waals surface area (Å²) in [5.74, 6) is 0.589. The Hall–Kier alpha value is -3.61. The standard InChI is InChI=1S/C19H15N3O4/c23-17(9-14-10-26-19(21-14)12-4-2-1-3-5-12)20-13-6-7-16-15(8-13)22-18(24)11-25-16/h1-8,10H,9,11H2,(H,20,23)(H,22,24). The zero-order valence-corrected chi connectivity index (χ0v) is 13.7. The van der Waals surface area contributed by atoms with Crippen molar-refractivity contribution in [2.24, 2.45) is 0 Å². The number of hydrogen-bond acceptors (Lipinski definition) is 5. The minimum atomic E-state index is -0.235. The van der Waals surface area contributed by atoms with Crippen LogP contribution in [-0.4, -0.2) is 23.4 Å². The second-order valence-corrected chi connectivity index (χ2v) is 5.78. The number of nitrogens with zero attached hydrogens (tertiary/aromatic N) is 1. The van der Waals surface area contributed by atoms with Gasteiger partial charge in [0.1, 0.15) is 12.0 Å². The summed E-state index contributed by atoms with van der Waals surface area (Å²) in [6.07, 6.45) is 1.55. The quantitative estimate of drug-likeness (QED) is 0.755. The van der Waals surface area contributed by atoms with Crippen molar-refractivity contribution in [2.45, 2.75) is 6.42 Å². The first kappa shape index (κ1) is 15.9. The Morgan fingerprint density at radius 1 is 1.19 bits per heavy atom. The average molecular weight is 349 g/mol. The third-order valence-electron chi connectivity index (χ3n) is 3.81. The molecular weight excluding hydrogens is 334 g/mol. The van der Waals surface area contributed by atoms with Gasteiger partial charge in [-0.2, -0.15) is 0 Å². The van der Waals surface area contributed by atoms with Gasteiger partial charge in [0, 0.05) is 11.3 Å². The van der Waals surface area contributed by atoms with Crippen molar-refractivity contribution in [3.05, 3.63) is 60.5 Å². The fourth-order valence-electron chi connectivity index (χ4n) is 2.63. The van der Waals surface area contributed by atoms with Crippen molar-refractivity contribution in [1.29, 1.82) is 0 Å². The molecule has 0 aliphatic carbocycles. The number of oxazole rings is 1. The van der Waals surface area contributed by atoms with E-state index in [1.807, 2.05) is 30.3 Å². The van der Waals surface area contributed by atoms with E-state index in [-0.39, 0.29) is 24.8 Å². The van der Waals surface area contributed by atoms with Crippen LogP contribution in [0.2, 0.25) is 0 Å². The Morgan fingerprint density at radius 2 is 2.04 bits per heavy atom. The average Bonchev–Trinajstić information content (AvgIpc) is 3.10. The van der Waals surface area contributed by atoms with Crippen molar-refractivity contribution < 1.29 is 18.7 Å². The van der Waals surface area contributed by atoms with Crippen molar-refractivity contribution in [3.8, 4) is 17.2 Å². The summed E-state index contributed by atoms with van der Waals surface area (Å²) in [5.41, 5.74) is 2.48. The molecule has 2 aromatic carbocycles. The highest BCUT2D eigenvalue weighted by atomic mass is 16.5. The van der Waals surface area contributed by atoms with E-state index in [9.17, 15) is 9.59 Å². The largest absolute Gasteiger partial charge is 0.482 e. The van der Waals surface area contributed by atoms with E-state index < -0.39 is 0 Å². The molecule has 0 bridgehead atoms. The summed E-state index contributed by atoms with van der Waals surface area (Å²) >= 11 is 0. The first-order valence-corrected chi connectivity index (χ1v) is 8.04. The summed E-state index contributed by atoms with van der Waals surface area (Å²) in [5, 5.41) is 5.48. The molecule has 0 saturated heterocycles. The maximum Gasteiger partial charge on any atom is 0.262 e. The molecule has 2 amide bonds. The Labute approximate surface area is 149 Å². The van der Waals surface area contributed by atoms with Gasteiger partial charge in [-0.1, -0.05) is 18.2 Å². The van der Waals surface area contributed by atoms with Crippen LogP contribution in [0.15, 0.2) is 59.2 Å². The van der Waals surface area contributed by atoms with Crippen LogP contribution < -0.4 is 15.4 Å². The van der Waals surface area contributed by atoms with Gasteiger partial charge in [0.25, 0.3) is 5.91 Å². The zero-order valence-electron chi connectivity index (χ0n) is 13.7. The number of carbonyl (C=O) groups excluding carboxylic acids is 2. The Kier molecular flexibility index (Phi) is 4.10. The van der Waals surface area contributed by atoms with Crippen molar-refractivity contribution in [1.82, 2.24) is 4.98 Å². The number of ether oxygens (including phenoxy) is 1. The number of carbonyl (C=O) groups is 2. The fraction of sp³-hybridized carbons (Fsp3) is 0.105. The van der Waals surface area contributed by atoms with Crippen molar-refractivity contribution in [2.75, 3.05) is 17.2 Å². The number of amides is 2. The van der Waals surface area contributed by atoms with E-state index in [0.717, 1.165) is 5.56 Å². The summed E-state index contributed by atoms with van der Waals surface area (Å²) in [6.45, 7) is -0.00534. The third-order valence-corrected chi connectivity index (χ3v) is 3.81. The second-order valence-electron chi connectivity index (χ2n) is 5.78. The fourth-order valence-corrected chi connectivity index (χ4v) is 2.63. The third kappa shape index (κ3) is 3.41. The van der Waals surface area contributed by atoms with E-state index in [1.54, 1.807) is 18.2 Å². The maximum atomic E-state index is 12.2. The lowest BCUT2D eigenvalue weighted by Crippen LogP contribution is -2.25. The van der Waals surface area contributed by atoms with Crippen LogP contribution >= 0.6 is 0 Å². The van der Waals surface area contributed by atoms with Crippen LogP contribution in [0.5, 0.6) is 5.75 Å². The molecule has 7 nitrogen and oxygen atoms in total. The molecule has 0 fully saturated rings. The molecule has 0 radical (unpaired) electrons. The molecule has 0 atom stereocenters. The molecule has 26 heavy (non-hydrogen) atoms. The van der Waals surface area contributed by atoms with Gasteiger partial charge in [0.15, 0.2) is 6.61 Å². The Morgan fingerprint density at radius 3 is 2.88 bits per heavy atom. The number of aromatic nitrogens is 1. The molecular formula is C19H15N3O4. The second kappa shape index (κ2) is 6.72. The van der Waals surface area contributed by atoms with Gasteiger partial charge in [-0.3, -0.25) is 9.59 Å². The number of rotatable bonds is 4. The number of anilines is 2. The number of benzene rings is 2. The van der Waals surface area contributed by atoms with Gasteiger partial charge in [-0.15, -0.1) is 0 Å². The van der Waals surface area contributed by atoms with E-state index in [0.29, 0.717) is 28.7 Å². The molecule has 0 unspecified atom stereocenters. The Bertz CT molecular complexity index is 966. The van der Waals surface area contributed by atoms with E-state index >= 15 is 0 Å². The van der Waals surface area contributed by atoms with Crippen LogP contribution in [-0.2, 0) is 16.0 Å². The van der Waals surface area contributed by atoms with Gasteiger partial charge < -0.3 is 19.8 Å². The first-order chi connectivity index (χ1) is 12.7. The van der Waals surface area contributed by atoms with Gasteiger partial charge in [0.05, 0.1) is 17.8 Å². The molecule has 130 valence electrons. The lowest BCUT2D eigenvalue weighted by Gasteiger charge is -2.18. The van der Waals surface area contributed by atoms with Gasteiger partial charge in [0.2, 0.25) is 11.8 Å². The van der Waals surface area contributed by atoms with Crippen LogP contribution in [0.4, 0.5) is 11.4 Å². The summed E-state index contributed by atoms with van der Waals surface area (Å²) in [4.78, 5) is 28.0. The molecule has 0 spiro atoms. The predicted octanol–water partition coefficient (Wildman–Crippen LogP) is 2.85. The highest BCUT2D eigenvalue weighted by Crippen LogP contribution is 2.30. The SMILES string of the molecule is O=C(Cc1coc(-c2ccccc2)n1)Nc1ccc2c(c1)NC(=O)CO2. The molecule has 7 heteroatoms. The van der Waals surface area contributed by atoms with Crippen LogP contribution in [0.1, 0.15) is 5.69 Å². The minimum Gasteiger partial charge on any atom is -0.482 e. The maximum absolute atomic E-state index is 12.2. The molecule has 1 aromatic heterocycles. The summed E-state index contributed by atoms with van der Waals surface area (Å²) in [6, 6.07) is 14.5. The van der Waals surface area contributed by atoms with E-state index in [4.69, 9.17) is 9.15 Å².